The van der Waals surface area contributed by atoms with Crippen LogP contribution in [0.1, 0.15) is 120 Å². The first-order valence-electron chi connectivity index (χ1n) is 21.7. The molecule has 5 heteroatoms. The Morgan fingerprint density at radius 1 is 0.439 bits per heavy atom. The number of nitrogens with zero attached hydrogens (tertiary/aromatic N) is 4. The average molecular weight is 657 g/mol. The summed E-state index contributed by atoms with van der Waals surface area (Å²) in [5, 5.41) is 12.1. The topological polar surface area (TPSA) is 66.1 Å². The van der Waals surface area contributed by atoms with Gasteiger partial charge in [-0.05, 0) is 41.5 Å². The van der Waals surface area contributed by atoms with Gasteiger partial charge >= 0.3 is 23.2 Å². The summed E-state index contributed by atoms with van der Waals surface area (Å²) in [7, 11) is 0. The quantitative estimate of drug-likeness (QED) is 0.259. The van der Waals surface area contributed by atoms with E-state index in [-0.39, 0.29) is 0 Å². The van der Waals surface area contributed by atoms with Crippen LogP contribution in [0.5, 0.6) is 0 Å². The fourth-order valence-electron chi connectivity index (χ4n) is 3.82. The van der Waals surface area contributed by atoms with Crippen LogP contribution in [-0.2, 0) is 19.4 Å². The SMILES string of the molecule is [2H]C([2H])([2H])C(C)([N-]c1cc(C)cc(C)c1)C([2H])([2H])[2H].[2H]C([2H])([2H])C(C)([N-]c1cc(C)cc(C)c1)C([2H])([2H])[2H].[2H]C([2H])([2H])C(C)([N-]c1cc(C)cc(C)c1)C([2H])([2H])[2H].[N]#[Mo]. The number of benzene rings is 3. The van der Waals surface area contributed by atoms with Crippen LogP contribution in [0.3, 0.4) is 0 Å². The van der Waals surface area contributed by atoms with Gasteiger partial charge in [-0.15, -0.1) is 33.7 Å². The van der Waals surface area contributed by atoms with Crippen molar-refractivity contribution in [2.75, 3.05) is 0 Å². The Morgan fingerprint density at radius 2 is 0.610 bits per heavy atom. The van der Waals surface area contributed by atoms with E-state index in [0.717, 1.165) is 73.6 Å². The molecule has 0 aliphatic carbocycles. The van der Waals surface area contributed by atoms with E-state index in [1.807, 2.05) is 59.7 Å². The molecule has 3 aromatic carbocycles. The van der Waals surface area contributed by atoms with Crippen molar-refractivity contribution in [3.63, 3.8) is 0 Å². The third-order valence-corrected chi connectivity index (χ3v) is 4.68. The predicted molar refractivity (Wildman–Crippen MR) is 178 cm³/mol. The van der Waals surface area contributed by atoms with E-state index in [1.165, 1.54) is 0 Å². The summed E-state index contributed by atoms with van der Waals surface area (Å²) in [6.45, 7) is -1.59. The van der Waals surface area contributed by atoms with E-state index in [9.17, 15) is 0 Å². The van der Waals surface area contributed by atoms with Gasteiger partial charge in [0, 0.05) is 24.7 Å². The summed E-state index contributed by atoms with van der Waals surface area (Å²) in [6.07, 6.45) is 0. The molecule has 0 aromatic heterocycles. The van der Waals surface area contributed by atoms with Crippen molar-refractivity contribution in [2.24, 2.45) is 0 Å². The predicted octanol–water partition coefficient (Wildman–Crippen LogP) is 12.3. The minimum atomic E-state index is -2.70. The van der Waals surface area contributed by atoms with Crippen LogP contribution in [0.15, 0.2) is 54.6 Å². The summed E-state index contributed by atoms with van der Waals surface area (Å²) >= 11 is 0.950. The molecular weight excluding hydrogens is 584 g/mol. The Hall–Kier alpha value is -2.54. The minimum absolute atomic E-state index is 0.382. The van der Waals surface area contributed by atoms with Gasteiger partial charge in [-0.2, -0.15) is 0 Å². The Balaban J connectivity index is 0.000000837. The first kappa shape index (κ1) is 17.5. The third-order valence-electron chi connectivity index (χ3n) is 4.68. The van der Waals surface area contributed by atoms with Gasteiger partial charge in [0.25, 0.3) is 0 Å². The molecular formula is C36H54MoN4-3. The molecule has 3 aromatic rings. The Labute approximate surface area is 289 Å². The summed E-state index contributed by atoms with van der Waals surface area (Å²) in [4.78, 5) is 0. The maximum atomic E-state index is 7.48. The second-order valence-corrected chi connectivity index (χ2v) is 10.6. The first-order valence-corrected chi connectivity index (χ1v) is 13.6. The molecule has 0 fully saturated rings. The summed E-state index contributed by atoms with van der Waals surface area (Å²) in [5.74, 6) is 0. The van der Waals surface area contributed by atoms with Crippen LogP contribution >= 0.6 is 0 Å². The normalized spacial score (nSPS) is 19.3. The van der Waals surface area contributed by atoms with Crippen LogP contribution in [0.25, 0.3) is 16.0 Å². The Kier molecular flexibility index (Phi) is 7.18. The molecule has 0 bridgehead atoms. The van der Waals surface area contributed by atoms with Gasteiger partial charge < -0.3 is 16.0 Å². The number of aryl methyl sites for hydroxylation is 6. The van der Waals surface area contributed by atoms with Gasteiger partial charge in [0.2, 0.25) is 0 Å². The monoisotopic (exact) mass is 658 g/mol. The molecule has 0 amide bonds. The van der Waals surface area contributed by atoms with Crippen LogP contribution in [0, 0.1) is 45.3 Å². The summed E-state index contributed by atoms with van der Waals surface area (Å²) in [5.41, 5.74) is 0.297. The summed E-state index contributed by atoms with van der Waals surface area (Å²) < 4.78 is 142. The zero-order valence-electron chi connectivity index (χ0n) is 43.4. The van der Waals surface area contributed by atoms with E-state index in [4.69, 9.17) is 28.4 Å². The zero-order chi connectivity index (χ0) is 47.2. The standard InChI is InChI=1S/3C12H18N.Mo.N/c3*1-9-6-10(2)8-11(7-9)13-12(3,4)5;;/h3*6-8H,1-5H3;;/q3*-1;;/i3*3D3,4D3;;. The van der Waals surface area contributed by atoms with E-state index in [1.54, 1.807) is 36.4 Å². The van der Waals surface area contributed by atoms with Crippen molar-refractivity contribution in [2.45, 2.75) is 120 Å². The summed E-state index contributed by atoms with van der Waals surface area (Å²) in [6, 6.07) is 15.9. The van der Waals surface area contributed by atoms with Gasteiger partial charge in [0.1, 0.15) is 0 Å². The van der Waals surface area contributed by atoms with Crippen LogP contribution in [-0.4, -0.2) is 16.6 Å². The van der Waals surface area contributed by atoms with E-state index >= 15 is 0 Å². The van der Waals surface area contributed by atoms with Crippen molar-refractivity contribution in [3.8, 4) is 0 Å². The fourth-order valence-corrected chi connectivity index (χ4v) is 3.82. The molecule has 0 saturated heterocycles. The molecule has 227 valence electrons. The molecule has 0 atom stereocenters. The molecule has 3 rings (SSSR count). The van der Waals surface area contributed by atoms with E-state index in [2.05, 4.69) is 16.0 Å². The van der Waals surface area contributed by atoms with Crippen molar-refractivity contribution in [1.29, 1.82) is 3.73 Å². The Bertz CT molecular complexity index is 1540. The molecule has 4 nitrogen and oxygen atoms in total. The molecule has 0 aliphatic heterocycles. The Morgan fingerprint density at radius 3 is 0.756 bits per heavy atom. The van der Waals surface area contributed by atoms with Crippen LogP contribution in [0.4, 0.5) is 17.1 Å². The van der Waals surface area contributed by atoms with Gasteiger partial charge in [-0.3, -0.25) is 0 Å². The van der Waals surface area contributed by atoms with Crippen LogP contribution < -0.4 is 0 Å². The number of rotatable bonds is 3. The molecule has 0 heterocycles. The number of hydrogen-bond donors (Lipinski definition) is 0. The van der Waals surface area contributed by atoms with Gasteiger partial charge in [0.15, 0.2) is 0 Å². The molecule has 0 radical (unpaired) electrons. The van der Waals surface area contributed by atoms with Crippen molar-refractivity contribution < 1.29 is 44.1 Å². The fraction of sp³-hybridized carbons (Fsp3) is 0.500. The van der Waals surface area contributed by atoms with Crippen molar-refractivity contribution in [3.05, 3.63) is 104 Å². The average Bonchev–Trinajstić information content (AvgIpc) is 2.98. The van der Waals surface area contributed by atoms with E-state index < -0.39 is 57.7 Å². The van der Waals surface area contributed by atoms with Crippen molar-refractivity contribution in [1.82, 2.24) is 0 Å². The first-order chi connectivity index (χ1) is 26.1. The van der Waals surface area contributed by atoms with Gasteiger partial charge in [0.05, 0.1) is 0 Å². The molecule has 0 unspecified atom stereocenters. The second kappa shape index (κ2) is 16.8. The number of hydrogen-bond acceptors (Lipinski definition) is 1. The third kappa shape index (κ3) is 20.1. The molecule has 0 aliphatic rings. The zero-order valence-corrected chi connectivity index (χ0v) is 27.4. The molecule has 0 saturated carbocycles. The maximum absolute atomic E-state index is 7.48. The second-order valence-electron chi connectivity index (χ2n) is 10.6. The van der Waals surface area contributed by atoms with Crippen LogP contribution in [0.2, 0.25) is 0 Å². The van der Waals surface area contributed by atoms with E-state index in [0.29, 0.717) is 17.1 Å². The molecule has 0 N–H and O–H groups in total. The van der Waals surface area contributed by atoms with Gasteiger partial charge in [-0.1, -0.05) is 150 Å². The molecule has 0 spiro atoms. The van der Waals surface area contributed by atoms with Crippen molar-refractivity contribution >= 4 is 17.1 Å². The van der Waals surface area contributed by atoms with Gasteiger partial charge in [-0.25, -0.2) is 0 Å². The molecule has 41 heavy (non-hydrogen) atoms.